The molecule has 0 amide bonds. The van der Waals surface area contributed by atoms with Gasteiger partial charge in [0.05, 0.1) is 15.9 Å². The standard InChI is InChI=1S/C11H18BrN3S/c1-8-10(12)9(15(2)14-8)6-13-7-11(16-3)4-5-11/h13H,4-7H2,1-3H3. The molecule has 1 aromatic rings. The van der Waals surface area contributed by atoms with Crippen molar-refractivity contribution in [2.24, 2.45) is 7.05 Å². The molecule has 1 heterocycles. The maximum Gasteiger partial charge on any atom is 0.0739 e. The SMILES string of the molecule is CSC1(CNCc2c(Br)c(C)nn2C)CC1. The van der Waals surface area contributed by atoms with E-state index in [1.807, 2.05) is 30.4 Å². The maximum atomic E-state index is 4.39. The average molecular weight is 304 g/mol. The van der Waals surface area contributed by atoms with Gasteiger partial charge in [-0.3, -0.25) is 4.68 Å². The van der Waals surface area contributed by atoms with Crippen LogP contribution in [0.4, 0.5) is 0 Å². The van der Waals surface area contributed by atoms with E-state index in [-0.39, 0.29) is 0 Å². The number of aromatic nitrogens is 2. The molecule has 1 saturated carbocycles. The van der Waals surface area contributed by atoms with Crippen molar-refractivity contribution in [3.8, 4) is 0 Å². The Bertz CT molecular complexity index is 385. The van der Waals surface area contributed by atoms with Gasteiger partial charge in [0, 0.05) is 24.9 Å². The van der Waals surface area contributed by atoms with Gasteiger partial charge in [0.1, 0.15) is 0 Å². The summed E-state index contributed by atoms with van der Waals surface area (Å²) in [5, 5.41) is 7.92. The van der Waals surface area contributed by atoms with Gasteiger partial charge < -0.3 is 5.32 Å². The Morgan fingerprint density at radius 1 is 1.56 bits per heavy atom. The zero-order valence-corrected chi connectivity index (χ0v) is 12.4. The van der Waals surface area contributed by atoms with Crippen LogP contribution in [0.3, 0.4) is 0 Å². The van der Waals surface area contributed by atoms with E-state index in [1.165, 1.54) is 18.5 Å². The summed E-state index contributed by atoms with van der Waals surface area (Å²) in [6, 6.07) is 0. The Balaban J connectivity index is 1.90. The van der Waals surface area contributed by atoms with Crippen LogP contribution in [0.2, 0.25) is 0 Å². The molecule has 0 unspecified atom stereocenters. The molecule has 0 spiro atoms. The lowest BCUT2D eigenvalue weighted by Gasteiger charge is -2.13. The van der Waals surface area contributed by atoms with E-state index in [4.69, 9.17) is 0 Å². The molecule has 0 bridgehead atoms. The highest BCUT2D eigenvalue weighted by Crippen LogP contribution is 2.46. The lowest BCUT2D eigenvalue weighted by molar-refractivity contribution is 0.611. The second-order valence-electron chi connectivity index (χ2n) is 4.46. The summed E-state index contributed by atoms with van der Waals surface area (Å²) >= 11 is 5.58. The number of hydrogen-bond donors (Lipinski definition) is 1. The van der Waals surface area contributed by atoms with E-state index in [0.717, 1.165) is 23.3 Å². The van der Waals surface area contributed by atoms with Gasteiger partial charge in [-0.2, -0.15) is 16.9 Å². The highest BCUT2D eigenvalue weighted by Gasteiger charge is 2.41. The highest BCUT2D eigenvalue weighted by atomic mass is 79.9. The molecule has 3 nitrogen and oxygen atoms in total. The Morgan fingerprint density at radius 2 is 2.25 bits per heavy atom. The first-order chi connectivity index (χ1) is 7.58. The Labute approximate surface area is 109 Å². The second-order valence-corrected chi connectivity index (χ2v) is 6.53. The van der Waals surface area contributed by atoms with Crippen molar-refractivity contribution in [2.75, 3.05) is 12.8 Å². The van der Waals surface area contributed by atoms with Crippen molar-refractivity contribution in [3.63, 3.8) is 0 Å². The third-order valence-corrected chi connectivity index (χ3v) is 5.69. The predicted molar refractivity (Wildman–Crippen MR) is 72.8 cm³/mol. The van der Waals surface area contributed by atoms with Crippen LogP contribution < -0.4 is 5.32 Å². The number of aryl methyl sites for hydroxylation is 2. The number of hydrogen-bond acceptors (Lipinski definition) is 3. The van der Waals surface area contributed by atoms with E-state index in [0.29, 0.717) is 4.75 Å². The fourth-order valence-electron chi connectivity index (χ4n) is 1.87. The number of rotatable bonds is 5. The highest BCUT2D eigenvalue weighted by molar-refractivity contribution is 9.10. The zero-order chi connectivity index (χ0) is 11.8. The summed E-state index contributed by atoms with van der Waals surface area (Å²) < 4.78 is 3.61. The molecular formula is C11H18BrN3S. The fraction of sp³-hybridized carbons (Fsp3) is 0.727. The molecule has 0 aliphatic heterocycles. The van der Waals surface area contributed by atoms with Gasteiger partial charge in [0.25, 0.3) is 0 Å². The minimum Gasteiger partial charge on any atom is -0.310 e. The summed E-state index contributed by atoms with van der Waals surface area (Å²) in [7, 11) is 2.00. The first-order valence-electron chi connectivity index (χ1n) is 5.52. The molecule has 0 aromatic carbocycles. The van der Waals surface area contributed by atoms with Crippen LogP contribution in [0.1, 0.15) is 24.2 Å². The minimum absolute atomic E-state index is 0.528. The van der Waals surface area contributed by atoms with Crippen molar-refractivity contribution in [1.82, 2.24) is 15.1 Å². The van der Waals surface area contributed by atoms with E-state index in [1.54, 1.807) is 0 Å². The largest absolute Gasteiger partial charge is 0.310 e. The summed E-state index contributed by atoms with van der Waals surface area (Å²) in [4.78, 5) is 0. The van der Waals surface area contributed by atoms with Crippen molar-refractivity contribution in [1.29, 1.82) is 0 Å². The van der Waals surface area contributed by atoms with Gasteiger partial charge in [-0.15, -0.1) is 0 Å². The molecule has 1 aliphatic rings. The number of halogens is 1. The topological polar surface area (TPSA) is 29.9 Å². The molecule has 16 heavy (non-hydrogen) atoms. The van der Waals surface area contributed by atoms with Crippen molar-refractivity contribution in [2.45, 2.75) is 31.1 Å². The molecule has 0 radical (unpaired) electrons. The van der Waals surface area contributed by atoms with Crippen LogP contribution in [0.5, 0.6) is 0 Å². The van der Waals surface area contributed by atoms with Gasteiger partial charge in [0.2, 0.25) is 0 Å². The van der Waals surface area contributed by atoms with E-state index in [9.17, 15) is 0 Å². The monoisotopic (exact) mass is 303 g/mol. The Kier molecular flexibility index (Phi) is 3.66. The van der Waals surface area contributed by atoms with Gasteiger partial charge >= 0.3 is 0 Å². The quantitative estimate of drug-likeness (QED) is 0.906. The normalized spacial score (nSPS) is 17.8. The third-order valence-electron chi connectivity index (χ3n) is 3.24. The average Bonchev–Trinajstić information content (AvgIpc) is 2.99. The molecule has 1 fully saturated rings. The molecule has 1 N–H and O–H groups in total. The smallest absolute Gasteiger partial charge is 0.0739 e. The lowest BCUT2D eigenvalue weighted by Crippen LogP contribution is -2.26. The number of nitrogens with one attached hydrogen (secondary N) is 1. The van der Waals surface area contributed by atoms with Gasteiger partial charge in [0.15, 0.2) is 0 Å². The minimum atomic E-state index is 0.528. The van der Waals surface area contributed by atoms with Crippen molar-refractivity contribution in [3.05, 3.63) is 15.9 Å². The number of nitrogens with zero attached hydrogens (tertiary/aromatic N) is 2. The maximum absolute atomic E-state index is 4.39. The van der Waals surface area contributed by atoms with Crippen molar-refractivity contribution >= 4 is 27.7 Å². The molecule has 0 atom stereocenters. The Morgan fingerprint density at radius 3 is 2.69 bits per heavy atom. The van der Waals surface area contributed by atoms with Crippen LogP contribution >= 0.6 is 27.7 Å². The summed E-state index contributed by atoms with van der Waals surface area (Å²) in [6.07, 6.45) is 4.91. The zero-order valence-electron chi connectivity index (χ0n) is 10.0. The predicted octanol–water partition coefficient (Wildman–Crippen LogP) is 2.48. The van der Waals surface area contributed by atoms with Crippen LogP contribution in [-0.4, -0.2) is 27.3 Å². The summed E-state index contributed by atoms with van der Waals surface area (Å²) in [5.74, 6) is 0. The van der Waals surface area contributed by atoms with Crippen LogP contribution in [-0.2, 0) is 13.6 Å². The molecule has 1 aliphatic carbocycles. The molecule has 0 saturated heterocycles. The third kappa shape index (κ3) is 2.46. The molecule has 2 rings (SSSR count). The van der Waals surface area contributed by atoms with Gasteiger partial charge in [-0.25, -0.2) is 0 Å². The van der Waals surface area contributed by atoms with E-state index in [2.05, 4.69) is 32.6 Å². The molecule has 5 heteroatoms. The molecule has 1 aromatic heterocycles. The van der Waals surface area contributed by atoms with Crippen LogP contribution in [0, 0.1) is 6.92 Å². The van der Waals surface area contributed by atoms with E-state index >= 15 is 0 Å². The van der Waals surface area contributed by atoms with Gasteiger partial charge in [-0.05, 0) is 42.0 Å². The Hall–Kier alpha value is 0. The summed E-state index contributed by atoms with van der Waals surface area (Å²) in [5.41, 5.74) is 2.29. The van der Waals surface area contributed by atoms with Crippen molar-refractivity contribution < 1.29 is 0 Å². The van der Waals surface area contributed by atoms with Gasteiger partial charge in [-0.1, -0.05) is 0 Å². The second kappa shape index (κ2) is 4.70. The number of thioether (sulfide) groups is 1. The molecule has 90 valence electrons. The molecular weight excluding hydrogens is 286 g/mol. The van der Waals surface area contributed by atoms with E-state index < -0.39 is 0 Å². The van der Waals surface area contributed by atoms with Crippen LogP contribution in [0.25, 0.3) is 0 Å². The first kappa shape index (κ1) is 12.5. The lowest BCUT2D eigenvalue weighted by atomic mass is 10.3. The summed E-state index contributed by atoms with van der Waals surface area (Å²) in [6.45, 7) is 4.02. The fourth-order valence-corrected chi connectivity index (χ4v) is 3.11. The van der Waals surface area contributed by atoms with Crippen LogP contribution in [0.15, 0.2) is 4.47 Å². The first-order valence-corrected chi connectivity index (χ1v) is 7.53.